The molecule has 19 heavy (non-hydrogen) atoms. The summed E-state index contributed by atoms with van der Waals surface area (Å²) in [6.07, 6.45) is 3.12. The van der Waals surface area contributed by atoms with Crippen LogP contribution in [0.2, 0.25) is 0 Å². The molecule has 4 nitrogen and oxygen atoms in total. The van der Waals surface area contributed by atoms with Crippen molar-refractivity contribution in [3.05, 3.63) is 0 Å². The Hall–Kier alpha value is -0.610. The van der Waals surface area contributed by atoms with E-state index in [9.17, 15) is 4.79 Å². The highest BCUT2D eigenvalue weighted by atomic mass is 16.5. The lowest BCUT2D eigenvalue weighted by Gasteiger charge is -2.38. The zero-order valence-corrected chi connectivity index (χ0v) is 13.2. The Bertz CT molecular complexity index is 282. The van der Waals surface area contributed by atoms with Gasteiger partial charge in [0.25, 0.3) is 5.91 Å². The lowest BCUT2D eigenvalue weighted by molar-refractivity contribution is -0.156. The molecule has 2 unspecified atom stereocenters. The Morgan fingerprint density at radius 1 is 1.53 bits per heavy atom. The molecular formula is C15H30N2O2. The van der Waals surface area contributed by atoms with Crippen LogP contribution in [0.1, 0.15) is 47.0 Å². The number of nitrogens with one attached hydrogen (secondary N) is 1. The maximum atomic E-state index is 12.7. The number of carbonyl (C=O) groups excluding carboxylic acids is 1. The van der Waals surface area contributed by atoms with Crippen LogP contribution in [0, 0.1) is 5.92 Å². The number of nitrogens with zero attached hydrogens (tertiary/aromatic N) is 1. The van der Waals surface area contributed by atoms with Crippen LogP contribution >= 0.6 is 0 Å². The predicted octanol–water partition coefficient (Wildman–Crippen LogP) is 2.04. The molecule has 0 aliphatic carbocycles. The minimum absolute atomic E-state index is 0.123. The van der Waals surface area contributed by atoms with Gasteiger partial charge in [-0.25, -0.2) is 0 Å². The smallest absolute Gasteiger partial charge is 0.254 e. The number of carbonyl (C=O) groups is 1. The molecule has 1 N–H and O–H groups in total. The molecule has 4 heteroatoms. The molecule has 1 aliphatic heterocycles. The van der Waals surface area contributed by atoms with E-state index in [2.05, 4.69) is 19.2 Å². The molecule has 0 spiro atoms. The SMILES string of the molecule is CCC(C)(OC)C(=O)N(CC1CCCNC1)C(C)C. The Labute approximate surface area is 117 Å². The average Bonchev–Trinajstić information content (AvgIpc) is 2.44. The number of rotatable bonds is 6. The molecule has 0 aromatic rings. The summed E-state index contributed by atoms with van der Waals surface area (Å²) < 4.78 is 5.46. The maximum absolute atomic E-state index is 12.7. The zero-order chi connectivity index (χ0) is 14.5. The quantitative estimate of drug-likeness (QED) is 0.803. The van der Waals surface area contributed by atoms with Crippen LogP contribution in [-0.4, -0.2) is 49.2 Å². The molecular weight excluding hydrogens is 240 g/mol. The first-order valence-electron chi connectivity index (χ1n) is 7.51. The fraction of sp³-hybridized carbons (Fsp3) is 0.933. The van der Waals surface area contributed by atoms with Crippen molar-refractivity contribution in [2.45, 2.75) is 58.6 Å². The summed E-state index contributed by atoms with van der Waals surface area (Å²) >= 11 is 0. The van der Waals surface area contributed by atoms with E-state index in [1.165, 1.54) is 12.8 Å². The van der Waals surface area contributed by atoms with Gasteiger partial charge in [-0.15, -0.1) is 0 Å². The van der Waals surface area contributed by atoms with Crippen LogP contribution in [0.3, 0.4) is 0 Å². The first-order chi connectivity index (χ1) is 8.94. The molecule has 112 valence electrons. The molecule has 1 heterocycles. The highest BCUT2D eigenvalue weighted by molar-refractivity contribution is 5.85. The second-order valence-electron chi connectivity index (χ2n) is 6.05. The molecule has 1 aliphatic rings. The van der Waals surface area contributed by atoms with Gasteiger partial charge in [-0.2, -0.15) is 0 Å². The van der Waals surface area contributed by atoms with Crippen LogP contribution in [0.4, 0.5) is 0 Å². The van der Waals surface area contributed by atoms with Crippen LogP contribution < -0.4 is 5.32 Å². The van der Waals surface area contributed by atoms with Crippen molar-refractivity contribution in [1.29, 1.82) is 0 Å². The minimum Gasteiger partial charge on any atom is -0.369 e. The first kappa shape index (κ1) is 16.4. The summed E-state index contributed by atoms with van der Waals surface area (Å²) in [5.74, 6) is 0.691. The average molecular weight is 270 g/mol. The Balaban J connectivity index is 2.73. The van der Waals surface area contributed by atoms with Gasteiger partial charge in [-0.05, 0) is 59.0 Å². The molecule has 1 rings (SSSR count). The second kappa shape index (κ2) is 7.25. The van der Waals surface area contributed by atoms with Crippen molar-refractivity contribution in [2.75, 3.05) is 26.7 Å². The van der Waals surface area contributed by atoms with Crippen molar-refractivity contribution in [2.24, 2.45) is 5.92 Å². The van der Waals surface area contributed by atoms with Crippen molar-refractivity contribution in [3.63, 3.8) is 0 Å². The van der Waals surface area contributed by atoms with Crippen LogP contribution in [0.5, 0.6) is 0 Å². The molecule has 1 saturated heterocycles. The van der Waals surface area contributed by atoms with E-state index >= 15 is 0 Å². The van der Waals surface area contributed by atoms with E-state index in [1.54, 1.807) is 7.11 Å². The van der Waals surface area contributed by atoms with E-state index in [0.29, 0.717) is 12.3 Å². The van der Waals surface area contributed by atoms with E-state index in [4.69, 9.17) is 4.74 Å². The Morgan fingerprint density at radius 2 is 2.21 bits per heavy atom. The first-order valence-corrected chi connectivity index (χ1v) is 7.51. The Morgan fingerprint density at radius 3 is 2.63 bits per heavy atom. The second-order valence-corrected chi connectivity index (χ2v) is 6.05. The minimum atomic E-state index is -0.688. The molecule has 0 bridgehead atoms. The van der Waals surface area contributed by atoms with Gasteiger partial charge in [0.1, 0.15) is 5.60 Å². The van der Waals surface area contributed by atoms with Gasteiger partial charge in [-0.3, -0.25) is 4.79 Å². The monoisotopic (exact) mass is 270 g/mol. The summed E-state index contributed by atoms with van der Waals surface area (Å²) in [5.41, 5.74) is -0.688. The Kier molecular flexibility index (Phi) is 6.27. The van der Waals surface area contributed by atoms with Gasteiger partial charge in [0.15, 0.2) is 0 Å². The fourth-order valence-corrected chi connectivity index (χ4v) is 2.57. The van der Waals surface area contributed by atoms with Gasteiger partial charge in [-0.1, -0.05) is 6.92 Å². The predicted molar refractivity (Wildman–Crippen MR) is 78.1 cm³/mol. The van der Waals surface area contributed by atoms with Gasteiger partial charge in [0.2, 0.25) is 0 Å². The molecule has 1 amide bonds. The number of methoxy groups -OCH3 is 1. The van der Waals surface area contributed by atoms with Crippen LogP contribution in [-0.2, 0) is 9.53 Å². The summed E-state index contributed by atoms with van der Waals surface area (Å²) in [6.45, 7) is 11.0. The third-order valence-corrected chi connectivity index (χ3v) is 4.32. The number of ether oxygens (including phenoxy) is 1. The number of hydrogen-bond acceptors (Lipinski definition) is 3. The maximum Gasteiger partial charge on any atom is 0.254 e. The van der Waals surface area contributed by atoms with Gasteiger partial charge in [0.05, 0.1) is 0 Å². The van der Waals surface area contributed by atoms with Gasteiger partial charge >= 0.3 is 0 Å². The van der Waals surface area contributed by atoms with E-state index in [-0.39, 0.29) is 11.9 Å². The zero-order valence-electron chi connectivity index (χ0n) is 13.2. The number of amides is 1. The van der Waals surface area contributed by atoms with Crippen molar-refractivity contribution in [3.8, 4) is 0 Å². The highest BCUT2D eigenvalue weighted by Crippen LogP contribution is 2.22. The number of piperidine rings is 1. The lowest BCUT2D eigenvalue weighted by atomic mass is 9.95. The topological polar surface area (TPSA) is 41.6 Å². The molecule has 0 saturated carbocycles. The van der Waals surface area contributed by atoms with E-state index in [0.717, 1.165) is 19.6 Å². The third kappa shape index (κ3) is 4.18. The van der Waals surface area contributed by atoms with Crippen molar-refractivity contribution < 1.29 is 9.53 Å². The van der Waals surface area contributed by atoms with Crippen molar-refractivity contribution in [1.82, 2.24) is 10.2 Å². The summed E-state index contributed by atoms with van der Waals surface area (Å²) in [6, 6.07) is 0.218. The van der Waals surface area contributed by atoms with Crippen LogP contribution in [0.15, 0.2) is 0 Å². The molecule has 0 radical (unpaired) electrons. The molecule has 0 aromatic carbocycles. The molecule has 2 atom stereocenters. The standard InChI is InChI=1S/C15H30N2O2/c1-6-15(4,19-5)14(18)17(12(2)3)11-13-8-7-9-16-10-13/h12-13,16H,6-11H2,1-5H3. The number of hydrogen-bond donors (Lipinski definition) is 1. The van der Waals surface area contributed by atoms with E-state index in [1.807, 2.05) is 18.7 Å². The third-order valence-electron chi connectivity index (χ3n) is 4.32. The lowest BCUT2D eigenvalue weighted by Crippen LogP contribution is -2.53. The molecule has 1 fully saturated rings. The fourth-order valence-electron chi connectivity index (χ4n) is 2.57. The van der Waals surface area contributed by atoms with Gasteiger partial charge in [0, 0.05) is 19.7 Å². The largest absolute Gasteiger partial charge is 0.369 e. The normalized spacial score (nSPS) is 23.2. The highest BCUT2D eigenvalue weighted by Gasteiger charge is 2.37. The summed E-state index contributed by atoms with van der Waals surface area (Å²) in [5, 5.41) is 3.42. The van der Waals surface area contributed by atoms with Gasteiger partial charge < -0.3 is 15.0 Å². The summed E-state index contributed by atoms with van der Waals surface area (Å²) in [4.78, 5) is 14.7. The van der Waals surface area contributed by atoms with E-state index < -0.39 is 5.60 Å². The van der Waals surface area contributed by atoms with Crippen molar-refractivity contribution >= 4 is 5.91 Å². The molecule has 0 aromatic heterocycles. The summed E-state index contributed by atoms with van der Waals surface area (Å²) in [7, 11) is 1.63. The van der Waals surface area contributed by atoms with Crippen LogP contribution in [0.25, 0.3) is 0 Å².